The van der Waals surface area contributed by atoms with Crippen LogP contribution in [-0.4, -0.2) is 0 Å². The lowest BCUT2D eigenvalue weighted by atomic mass is 10.1. The molecule has 0 aliphatic carbocycles. The molecule has 2 rings (SSSR count). The third-order valence-corrected chi connectivity index (χ3v) is 5.10. The van der Waals surface area contributed by atoms with Crippen molar-refractivity contribution in [3.8, 4) is 0 Å². The lowest BCUT2D eigenvalue weighted by Gasteiger charge is -2.15. The van der Waals surface area contributed by atoms with Gasteiger partial charge in [-0.1, -0.05) is 39.1 Å². The van der Waals surface area contributed by atoms with Crippen molar-refractivity contribution in [3.63, 3.8) is 0 Å². The molecule has 1 nitrogen and oxygen atoms in total. The number of rotatable bonds is 3. The van der Waals surface area contributed by atoms with Crippen molar-refractivity contribution in [2.75, 3.05) is 5.32 Å². The quantitative estimate of drug-likeness (QED) is 0.673. The number of thiophene rings is 1. The van der Waals surface area contributed by atoms with Crippen LogP contribution in [0.15, 0.2) is 28.7 Å². The summed E-state index contributed by atoms with van der Waals surface area (Å²) in [6.45, 7) is 4.13. The van der Waals surface area contributed by atoms with Crippen LogP contribution in [0.25, 0.3) is 0 Å². The Balaban J connectivity index is 2.18. The summed E-state index contributed by atoms with van der Waals surface area (Å²) in [5.74, 6) is 0. The molecule has 0 aliphatic rings. The smallest absolute Gasteiger partial charge is 0.0996 e. The first-order valence-corrected chi connectivity index (χ1v) is 7.81. The second-order valence-electron chi connectivity index (χ2n) is 4.11. The van der Waals surface area contributed by atoms with Gasteiger partial charge in [-0.05, 0) is 43.7 Å². The summed E-state index contributed by atoms with van der Waals surface area (Å²) in [6, 6.07) is 8.21. The van der Waals surface area contributed by atoms with E-state index >= 15 is 0 Å². The van der Waals surface area contributed by atoms with Crippen LogP contribution in [0.4, 0.5) is 5.69 Å². The third-order valence-electron chi connectivity index (χ3n) is 2.69. The molecule has 0 radical (unpaired) electrons. The number of anilines is 1. The van der Waals surface area contributed by atoms with E-state index < -0.39 is 0 Å². The van der Waals surface area contributed by atoms with Crippen molar-refractivity contribution >= 4 is 56.2 Å². The molecule has 1 atom stereocenters. The monoisotopic (exact) mass is 363 g/mol. The highest BCUT2D eigenvalue weighted by molar-refractivity contribution is 9.10. The minimum Gasteiger partial charge on any atom is -0.378 e. The van der Waals surface area contributed by atoms with Gasteiger partial charge >= 0.3 is 0 Å². The molecule has 18 heavy (non-hydrogen) atoms. The molecule has 96 valence electrons. The first-order chi connectivity index (χ1) is 8.47. The van der Waals surface area contributed by atoms with Crippen LogP contribution in [0.1, 0.15) is 24.1 Å². The van der Waals surface area contributed by atoms with E-state index in [1.165, 1.54) is 16.9 Å². The maximum absolute atomic E-state index is 6.15. The van der Waals surface area contributed by atoms with Gasteiger partial charge in [0.15, 0.2) is 0 Å². The highest BCUT2D eigenvalue weighted by atomic mass is 79.9. The van der Waals surface area contributed by atoms with E-state index in [1.54, 1.807) is 0 Å². The van der Waals surface area contributed by atoms with E-state index in [0.29, 0.717) is 0 Å². The molecule has 1 N–H and O–H groups in total. The maximum atomic E-state index is 6.15. The van der Waals surface area contributed by atoms with Crippen molar-refractivity contribution in [3.05, 3.63) is 48.5 Å². The molecular formula is C13H12BrCl2NS. The Kier molecular flexibility index (Phi) is 4.59. The van der Waals surface area contributed by atoms with Crippen molar-refractivity contribution in [2.24, 2.45) is 0 Å². The van der Waals surface area contributed by atoms with Gasteiger partial charge in [-0.2, -0.15) is 0 Å². The van der Waals surface area contributed by atoms with Crippen LogP contribution in [0.2, 0.25) is 8.67 Å². The van der Waals surface area contributed by atoms with Gasteiger partial charge in [0.2, 0.25) is 0 Å². The Labute approximate surface area is 129 Å². The van der Waals surface area contributed by atoms with Gasteiger partial charge < -0.3 is 5.32 Å². The van der Waals surface area contributed by atoms with E-state index in [2.05, 4.69) is 41.2 Å². The van der Waals surface area contributed by atoms with Crippen molar-refractivity contribution in [1.82, 2.24) is 0 Å². The average molecular weight is 365 g/mol. The van der Waals surface area contributed by atoms with Gasteiger partial charge in [0.25, 0.3) is 0 Å². The molecule has 0 saturated heterocycles. The first kappa shape index (κ1) is 14.2. The molecule has 0 spiro atoms. The largest absolute Gasteiger partial charge is 0.378 e. The second-order valence-corrected chi connectivity index (χ2v) is 7.25. The van der Waals surface area contributed by atoms with Crippen molar-refractivity contribution in [1.29, 1.82) is 0 Å². The lowest BCUT2D eigenvalue weighted by molar-refractivity contribution is 0.890. The normalized spacial score (nSPS) is 12.5. The summed E-state index contributed by atoms with van der Waals surface area (Å²) in [7, 11) is 0. The molecule has 0 fully saturated rings. The molecule has 5 heteroatoms. The fourth-order valence-electron chi connectivity index (χ4n) is 1.71. The second kappa shape index (κ2) is 5.83. The maximum Gasteiger partial charge on any atom is 0.0996 e. The van der Waals surface area contributed by atoms with Crippen LogP contribution in [0.5, 0.6) is 0 Å². The van der Waals surface area contributed by atoms with E-state index in [-0.39, 0.29) is 6.04 Å². The van der Waals surface area contributed by atoms with E-state index in [4.69, 9.17) is 23.2 Å². The predicted octanol–water partition coefficient (Wildman–Crippen LogP) is 6.30. The SMILES string of the molecule is Cc1cc(NC(C)c2cc(Cl)sc2Cl)ccc1Br. The summed E-state index contributed by atoms with van der Waals surface area (Å²) in [5, 5.41) is 3.42. The fourth-order valence-corrected chi connectivity index (χ4v) is 3.60. The molecule has 1 aromatic carbocycles. The Hall–Kier alpha value is -0.220. The van der Waals surface area contributed by atoms with Crippen molar-refractivity contribution in [2.45, 2.75) is 19.9 Å². The minimum absolute atomic E-state index is 0.127. The fraction of sp³-hybridized carbons (Fsp3) is 0.231. The van der Waals surface area contributed by atoms with Gasteiger partial charge in [-0.3, -0.25) is 0 Å². The van der Waals surface area contributed by atoms with Crippen molar-refractivity contribution < 1.29 is 0 Å². The Morgan fingerprint density at radius 1 is 1.28 bits per heavy atom. The van der Waals surface area contributed by atoms with Gasteiger partial charge in [0.05, 0.1) is 14.7 Å². The highest BCUT2D eigenvalue weighted by Crippen LogP contribution is 2.36. The van der Waals surface area contributed by atoms with Crippen LogP contribution in [0, 0.1) is 6.92 Å². The highest BCUT2D eigenvalue weighted by Gasteiger charge is 2.13. The number of aryl methyl sites for hydroxylation is 1. The van der Waals surface area contributed by atoms with E-state index in [1.807, 2.05) is 18.2 Å². The van der Waals surface area contributed by atoms with Gasteiger partial charge in [-0.15, -0.1) is 11.3 Å². The average Bonchev–Trinajstić information content (AvgIpc) is 2.63. The number of benzene rings is 1. The van der Waals surface area contributed by atoms with Crippen LogP contribution in [0.3, 0.4) is 0 Å². The zero-order valence-corrected chi connectivity index (χ0v) is 13.8. The molecule has 2 aromatic rings. The summed E-state index contributed by atoms with van der Waals surface area (Å²) in [4.78, 5) is 0. The Bertz CT molecular complexity index is 568. The molecule has 1 aromatic heterocycles. The number of hydrogen-bond donors (Lipinski definition) is 1. The van der Waals surface area contributed by atoms with Gasteiger partial charge in [-0.25, -0.2) is 0 Å². The Morgan fingerprint density at radius 3 is 2.56 bits per heavy atom. The zero-order valence-electron chi connectivity index (χ0n) is 9.93. The molecule has 0 amide bonds. The molecule has 0 saturated carbocycles. The van der Waals surface area contributed by atoms with Crippen LogP contribution in [-0.2, 0) is 0 Å². The summed E-state index contributed by atoms with van der Waals surface area (Å²) >= 11 is 17.0. The predicted molar refractivity (Wildman–Crippen MR) is 85.3 cm³/mol. The minimum atomic E-state index is 0.127. The van der Waals surface area contributed by atoms with Crippen LogP contribution < -0.4 is 5.32 Å². The summed E-state index contributed by atoms with van der Waals surface area (Å²) < 4.78 is 2.57. The standard InChI is InChI=1S/C13H12BrCl2NS/c1-7-5-9(3-4-11(7)14)17-8(2)10-6-12(15)18-13(10)16/h3-6,8,17H,1-2H3. The molecule has 0 bridgehead atoms. The number of halogens is 3. The van der Waals surface area contributed by atoms with Crippen LogP contribution >= 0.6 is 50.5 Å². The van der Waals surface area contributed by atoms with E-state index in [9.17, 15) is 0 Å². The van der Waals surface area contributed by atoms with Gasteiger partial charge in [0, 0.05) is 15.7 Å². The number of hydrogen-bond acceptors (Lipinski definition) is 2. The van der Waals surface area contributed by atoms with E-state index in [0.717, 1.165) is 24.4 Å². The lowest BCUT2D eigenvalue weighted by Crippen LogP contribution is -2.06. The number of nitrogens with one attached hydrogen (secondary N) is 1. The topological polar surface area (TPSA) is 12.0 Å². The molecule has 0 aliphatic heterocycles. The zero-order chi connectivity index (χ0) is 13.3. The third kappa shape index (κ3) is 3.21. The molecule has 1 heterocycles. The Morgan fingerprint density at radius 2 is 2.00 bits per heavy atom. The summed E-state index contributed by atoms with van der Waals surface area (Å²) in [5.41, 5.74) is 3.30. The summed E-state index contributed by atoms with van der Waals surface area (Å²) in [6.07, 6.45) is 0. The molecule has 1 unspecified atom stereocenters. The van der Waals surface area contributed by atoms with Gasteiger partial charge in [0.1, 0.15) is 0 Å². The first-order valence-electron chi connectivity index (χ1n) is 5.45. The molecular weight excluding hydrogens is 353 g/mol.